The first-order valence-corrected chi connectivity index (χ1v) is 5.59. The Labute approximate surface area is 95.5 Å². The van der Waals surface area contributed by atoms with Gasteiger partial charge >= 0.3 is 0 Å². The molecule has 0 saturated heterocycles. The molecule has 0 fully saturated rings. The molecule has 1 aromatic carbocycles. The molecule has 0 spiro atoms. The zero-order valence-corrected chi connectivity index (χ0v) is 9.39. The van der Waals surface area contributed by atoms with E-state index in [1.165, 1.54) is 0 Å². The minimum absolute atomic E-state index is 0.612. The lowest BCUT2D eigenvalue weighted by molar-refractivity contribution is 0.0469. The van der Waals surface area contributed by atoms with Crippen LogP contribution in [-0.4, -0.2) is 5.11 Å². The van der Waals surface area contributed by atoms with Crippen LogP contribution < -0.4 is 0 Å². The molecule has 0 radical (unpaired) electrons. The number of hydrogen-bond donors (Lipinski definition) is 1. The van der Waals surface area contributed by atoms with E-state index in [-0.39, 0.29) is 0 Å². The third kappa shape index (κ3) is 1.89. The van der Waals surface area contributed by atoms with E-state index < -0.39 is 5.60 Å². The van der Waals surface area contributed by atoms with Gasteiger partial charge in [0, 0.05) is 0 Å². The number of aliphatic hydroxyl groups is 1. The van der Waals surface area contributed by atoms with E-state index in [0.717, 1.165) is 12.0 Å². The highest BCUT2D eigenvalue weighted by atomic mass is 16.4. The molecule has 1 unspecified atom stereocenters. The van der Waals surface area contributed by atoms with Gasteiger partial charge in [-0.1, -0.05) is 43.7 Å². The van der Waals surface area contributed by atoms with E-state index in [2.05, 4.69) is 6.92 Å². The van der Waals surface area contributed by atoms with Crippen LogP contribution in [0.3, 0.4) is 0 Å². The summed E-state index contributed by atoms with van der Waals surface area (Å²) in [4.78, 5) is 0. The second kappa shape index (κ2) is 4.54. The Morgan fingerprint density at radius 3 is 2.44 bits per heavy atom. The van der Waals surface area contributed by atoms with Crippen LogP contribution in [0.2, 0.25) is 0 Å². The summed E-state index contributed by atoms with van der Waals surface area (Å²) in [6, 6.07) is 13.3. The van der Waals surface area contributed by atoms with Crippen molar-refractivity contribution in [1.82, 2.24) is 0 Å². The van der Waals surface area contributed by atoms with Gasteiger partial charge in [-0.3, -0.25) is 0 Å². The van der Waals surface area contributed by atoms with Crippen molar-refractivity contribution in [2.24, 2.45) is 0 Å². The summed E-state index contributed by atoms with van der Waals surface area (Å²) < 4.78 is 5.36. The van der Waals surface area contributed by atoms with Gasteiger partial charge in [-0.15, -0.1) is 0 Å². The maximum Gasteiger partial charge on any atom is 0.147 e. The Bertz CT molecular complexity index is 419. The monoisotopic (exact) mass is 216 g/mol. The fraction of sp³-hybridized carbons (Fsp3) is 0.286. The van der Waals surface area contributed by atoms with Gasteiger partial charge in [-0.25, -0.2) is 0 Å². The van der Waals surface area contributed by atoms with Gasteiger partial charge in [0.25, 0.3) is 0 Å². The minimum Gasteiger partial charge on any atom is -0.466 e. The predicted octanol–water partition coefficient (Wildman–Crippen LogP) is 3.32. The van der Waals surface area contributed by atoms with E-state index in [0.29, 0.717) is 12.2 Å². The van der Waals surface area contributed by atoms with E-state index in [4.69, 9.17) is 4.42 Å². The topological polar surface area (TPSA) is 33.4 Å². The van der Waals surface area contributed by atoms with Gasteiger partial charge in [0.2, 0.25) is 0 Å². The van der Waals surface area contributed by atoms with Crippen molar-refractivity contribution < 1.29 is 9.52 Å². The lowest BCUT2D eigenvalue weighted by Crippen LogP contribution is -2.26. The highest BCUT2D eigenvalue weighted by Gasteiger charge is 2.33. The number of benzene rings is 1. The zero-order chi connectivity index (χ0) is 11.4. The Hall–Kier alpha value is -1.54. The molecule has 2 rings (SSSR count). The molecule has 84 valence electrons. The summed E-state index contributed by atoms with van der Waals surface area (Å²) in [6.45, 7) is 2.05. The summed E-state index contributed by atoms with van der Waals surface area (Å²) >= 11 is 0. The molecule has 0 amide bonds. The van der Waals surface area contributed by atoms with E-state index in [1.807, 2.05) is 36.4 Å². The first-order chi connectivity index (χ1) is 7.77. The SMILES string of the molecule is CCCC(O)(c1ccccc1)c1ccco1. The molecule has 1 N–H and O–H groups in total. The molecule has 2 nitrogen and oxygen atoms in total. The Morgan fingerprint density at radius 2 is 1.88 bits per heavy atom. The summed E-state index contributed by atoms with van der Waals surface area (Å²) in [5, 5.41) is 10.7. The summed E-state index contributed by atoms with van der Waals surface area (Å²) in [7, 11) is 0. The van der Waals surface area contributed by atoms with Gasteiger partial charge in [0.05, 0.1) is 6.26 Å². The van der Waals surface area contributed by atoms with Crippen molar-refractivity contribution in [2.75, 3.05) is 0 Å². The molecule has 2 aromatic rings. The fourth-order valence-corrected chi connectivity index (χ4v) is 2.00. The molecule has 2 heteroatoms. The van der Waals surface area contributed by atoms with Crippen LogP contribution in [0, 0.1) is 0 Å². The highest BCUT2D eigenvalue weighted by Crippen LogP contribution is 2.34. The lowest BCUT2D eigenvalue weighted by Gasteiger charge is -2.26. The first-order valence-electron chi connectivity index (χ1n) is 5.59. The van der Waals surface area contributed by atoms with E-state index >= 15 is 0 Å². The molecular formula is C14H16O2. The average molecular weight is 216 g/mol. The maximum absolute atomic E-state index is 10.7. The highest BCUT2D eigenvalue weighted by molar-refractivity contribution is 5.30. The quantitative estimate of drug-likeness (QED) is 0.850. The smallest absolute Gasteiger partial charge is 0.147 e. The lowest BCUT2D eigenvalue weighted by atomic mass is 9.87. The Balaban J connectivity index is 2.44. The van der Waals surface area contributed by atoms with Crippen LogP contribution in [0.25, 0.3) is 0 Å². The standard InChI is InChI=1S/C14H16O2/c1-2-10-14(15,13-9-6-11-16-13)12-7-4-3-5-8-12/h3-9,11,15H,2,10H2,1H3. The van der Waals surface area contributed by atoms with Crippen LogP contribution in [0.4, 0.5) is 0 Å². The van der Waals surface area contributed by atoms with Gasteiger partial charge in [0.1, 0.15) is 11.4 Å². The zero-order valence-electron chi connectivity index (χ0n) is 9.39. The van der Waals surface area contributed by atoms with E-state index in [1.54, 1.807) is 12.3 Å². The van der Waals surface area contributed by atoms with Crippen molar-refractivity contribution in [3.63, 3.8) is 0 Å². The first kappa shape index (κ1) is 11.0. The molecule has 0 bridgehead atoms. The van der Waals surface area contributed by atoms with Crippen molar-refractivity contribution >= 4 is 0 Å². The molecule has 0 aliphatic rings. The molecular weight excluding hydrogens is 200 g/mol. The second-order valence-corrected chi connectivity index (χ2v) is 3.95. The van der Waals surface area contributed by atoms with E-state index in [9.17, 15) is 5.11 Å². The van der Waals surface area contributed by atoms with Crippen LogP contribution in [0.5, 0.6) is 0 Å². The van der Waals surface area contributed by atoms with Gasteiger partial charge in [-0.2, -0.15) is 0 Å². The molecule has 16 heavy (non-hydrogen) atoms. The third-order valence-corrected chi connectivity index (χ3v) is 2.79. The molecule has 0 saturated carbocycles. The summed E-state index contributed by atoms with van der Waals surface area (Å²) in [5.41, 5.74) is -0.119. The third-order valence-electron chi connectivity index (χ3n) is 2.79. The van der Waals surface area contributed by atoms with Crippen LogP contribution in [0.1, 0.15) is 31.1 Å². The largest absolute Gasteiger partial charge is 0.466 e. The molecule has 0 aliphatic carbocycles. The van der Waals surface area contributed by atoms with Gasteiger partial charge in [0.15, 0.2) is 0 Å². The normalized spacial score (nSPS) is 14.6. The van der Waals surface area contributed by atoms with Crippen molar-refractivity contribution in [1.29, 1.82) is 0 Å². The number of furan rings is 1. The van der Waals surface area contributed by atoms with Crippen molar-refractivity contribution in [3.8, 4) is 0 Å². The average Bonchev–Trinajstić information content (AvgIpc) is 2.84. The van der Waals surface area contributed by atoms with Gasteiger partial charge in [-0.05, 0) is 24.1 Å². The van der Waals surface area contributed by atoms with Crippen molar-refractivity contribution in [2.45, 2.75) is 25.4 Å². The minimum atomic E-state index is -1.00. The molecule has 0 aliphatic heterocycles. The maximum atomic E-state index is 10.7. The number of hydrogen-bond acceptors (Lipinski definition) is 2. The fourth-order valence-electron chi connectivity index (χ4n) is 2.00. The Morgan fingerprint density at radius 1 is 1.12 bits per heavy atom. The molecule has 1 heterocycles. The van der Waals surface area contributed by atoms with Crippen molar-refractivity contribution in [3.05, 3.63) is 60.1 Å². The Kier molecular flexibility index (Phi) is 3.11. The summed E-state index contributed by atoms with van der Waals surface area (Å²) in [6.07, 6.45) is 3.15. The predicted molar refractivity (Wildman–Crippen MR) is 63.1 cm³/mol. The molecule has 1 atom stereocenters. The summed E-state index contributed by atoms with van der Waals surface area (Å²) in [5.74, 6) is 0.612. The number of rotatable bonds is 4. The molecule has 1 aromatic heterocycles. The van der Waals surface area contributed by atoms with Crippen LogP contribution in [-0.2, 0) is 5.60 Å². The van der Waals surface area contributed by atoms with Gasteiger partial charge < -0.3 is 9.52 Å². The van der Waals surface area contributed by atoms with Crippen LogP contribution in [0.15, 0.2) is 53.1 Å². The second-order valence-electron chi connectivity index (χ2n) is 3.95. The van der Waals surface area contributed by atoms with Crippen LogP contribution >= 0.6 is 0 Å².